The van der Waals surface area contributed by atoms with Crippen LogP contribution in [0.2, 0.25) is 0 Å². The number of pyridine rings is 1. The van der Waals surface area contributed by atoms with Gasteiger partial charge in [-0.1, -0.05) is 18.2 Å². The molecule has 2 heterocycles. The lowest BCUT2D eigenvalue weighted by atomic mass is 9.44. The van der Waals surface area contributed by atoms with Gasteiger partial charge in [-0.25, -0.2) is 4.39 Å². The largest absolute Gasteiger partial charge is 0.337 e. The van der Waals surface area contributed by atoms with Gasteiger partial charge in [0.15, 0.2) is 0 Å². The number of nitrogens with two attached hydrogens (primary N) is 1. The Bertz CT molecular complexity index is 882. The Morgan fingerprint density at radius 1 is 1.22 bits per heavy atom. The van der Waals surface area contributed by atoms with Gasteiger partial charge < -0.3 is 10.6 Å². The average molecular weight is 365 g/mol. The van der Waals surface area contributed by atoms with Crippen LogP contribution in [0.4, 0.5) is 4.39 Å². The summed E-state index contributed by atoms with van der Waals surface area (Å²) in [4.78, 5) is 19.8. The second kappa shape index (κ2) is 6.13. The molecule has 3 aliphatic carbocycles. The zero-order valence-corrected chi connectivity index (χ0v) is 15.3. The minimum Gasteiger partial charge on any atom is -0.337 e. The van der Waals surface area contributed by atoms with Crippen LogP contribution in [-0.4, -0.2) is 34.4 Å². The van der Waals surface area contributed by atoms with Crippen molar-refractivity contribution in [2.75, 3.05) is 6.54 Å². The van der Waals surface area contributed by atoms with E-state index in [0.717, 1.165) is 55.1 Å². The summed E-state index contributed by atoms with van der Waals surface area (Å²) in [5, 5.41) is 0. The molecule has 1 aromatic heterocycles. The molecule has 2 atom stereocenters. The van der Waals surface area contributed by atoms with Gasteiger partial charge in [-0.05, 0) is 55.9 Å². The highest BCUT2D eigenvalue weighted by Crippen LogP contribution is 2.65. The molecule has 2 N–H and O–H groups in total. The summed E-state index contributed by atoms with van der Waals surface area (Å²) in [6.45, 7) is 0.751. The summed E-state index contributed by atoms with van der Waals surface area (Å²) in [5.74, 6) is 0.824. The minimum absolute atomic E-state index is 0.00165. The fraction of sp³-hybridized carbons (Fsp3) is 0.455. The Labute approximate surface area is 158 Å². The maximum absolute atomic E-state index is 13.5. The van der Waals surface area contributed by atoms with Gasteiger partial charge >= 0.3 is 0 Å². The maximum atomic E-state index is 13.5. The zero-order chi connectivity index (χ0) is 18.6. The lowest BCUT2D eigenvalue weighted by molar-refractivity contribution is -0.177. The number of aromatic nitrogens is 1. The molecule has 0 spiro atoms. The number of likely N-dealkylation sites (tertiary alicyclic amines) is 1. The quantitative estimate of drug-likeness (QED) is 0.905. The first-order valence-corrected chi connectivity index (χ1v) is 9.83. The van der Waals surface area contributed by atoms with Crippen molar-refractivity contribution >= 4 is 5.91 Å². The molecule has 5 heteroatoms. The van der Waals surface area contributed by atoms with E-state index in [0.29, 0.717) is 12.3 Å². The van der Waals surface area contributed by atoms with Crippen LogP contribution in [0.15, 0.2) is 42.5 Å². The summed E-state index contributed by atoms with van der Waals surface area (Å²) < 4.78 is 13.5. The Morgan fingerprint density at radius 3 is 2.70 bits per heavy atom. The molecule has 4 nitrogen and oxygen atoms in total. The highest BCUT2D eigenvalue weighted by atomic mass is 19.1. The molecular weight excluding hydrogens is 341 g/mol. The number of hydrogen-bond donors (Lipinski definition) is 1. The Kier molecular flexibility index (Phi) is 3.83. The van der Waals surface area contributed by atoms with Crippen molar-refractivity contribution in [2.45, 2.75) is 44.2 Å². The predicted molar refractivity (Wildman–Crippen MR) is 101 cm³/mol. The van der Waals surface area contributed by atoms with Crippen molar-refractivity contribution in [3.63, 3.8) is 0 Å². The molecule has 4 aliphatic rings. The lowest BCUT2D eigenvalue weighted by Gasteiger charge is -2.61. The number of carbonyl (C=O) groups is 1. The molecule has 1 aliphatic heterocycles. The Hall–Kier alpha value is -2.27. The monoisotopic (exact) mass is 365 g/mol. The number of carbonyl (C=O) groups excluding carboxylic acids is 1. The van der Waals surface area contributed by atoms with Crippen LogP contribution in [0.3, 0.4) is 0 Å². The van der Waals surface area contributed by atoms with E-state index in [1.54, 1.807) is 6.07 Å². The SMILES string of the molecule is NC1CCN(C(=O)C23CC(C2)C3)C1Cc1cccc(-c2cccc(F)c2)n1. The molecule has 0 radical (unpaired) electrons. The fourth-order valence-corrected chi connectivity index (χ4v) is 5.05. The van der Waals surface area contributed by atoms with E-state index in [9.17, 15) is 9.18 Å². The molecule has 2 aromatic rings. The molecule has 1 amide bonds. The normalized spacial score (nSPS) is 31.3. The molecule has 1 saturated heterocycles. The number of halogens is 1. The van der Waals surface area contributed by atoms with Gasteiger partial charge in [-0.15, -0.1) is 0 Å². The molecule has 3 saturated carbocycles. The van der Waals surface area contributed by atoms with Crippen LogP contribution < -0.4 is 5.73 Å². The summed E-state index contributed by atoms with van der Waals surface area (Å²) >= 11 is 0. The number of hydrogen-bond acceptors (Lipinski definition) is 3. The van der Waals surface area contributed by atoms with Gasteiger partial charge in [-0.2, -0.15) is 0 Å². The molecule has 1 aromatic carbocycles. The van der Waals surface area contributed by atoms with E-state index in [4.69, 9.17) is 10.7 Å². The number of rotatable bonds is 4. The highest BCUT2D eigenvalue weighted by Gasteiger charge is 2.63. The first-order chi connectivity index (χ1) is 13.0. The molecule has 2 bridgehead atoms. The van der Waals surface area contributed by atoms with E-state index in [1.807, 2.05) is 29.2 Å². The third-order valence-electron chi connectivity index (χ3n) is 6.70. The highest BCUT2D eigenvalue weighted by molar-refractivity contribution is 5.86. The summed E-state index contributed by atoms with van der Waals surface area (Å²) in [6.07, 6.45) is 4.70. The van der Waals surface area contributed by atoms with Crippen LogP contribution in [0.25, 0.3) is 11.3 Å². The van der Waals surface area contributed by atoms with Crippen LogP contribution in [0.5, 0.6) is 0 Å². The predicted octanol–water partition coefficient (Wildman–Crippen LogP) is 3.16. The minimum atomic E-state index is -0.271. The summed E-state index contributed by atoms with van der Waals surface area (Å²) in [7, 11) is 0. The van der Waals surface area contributed by atoms with E-state index < -0.39 is 0 Å². The second-order valence-corrected chi connectivity index (χ2v) is 8.51. The van der Waals surface area contributed by atoms with Gasteiger partial charge in [0.05, 0.1) is 17.2 Å². The summed E-state index contributed by atoms with van der Waals surface area (Å²) in [6, 6.07) is 12.3. The van der Waals surface area contributed by atoms with Crippen LogP contribution in [-0.2, 0) is 11.2 Å². The number of amides is 1. The van der Waals surface area contributed by atoms with Crippen molar-refractivity contribution < 1.29 is 9.18 Å². The van der Waals surface area contributed by atoms with Crippen LogP contribution >= 0.6 is 0 Å². The van der Waals surface area contributed by atoms with Crippen molar-refractivity contribution in [1.82, 2.24) is 9.88 Å². The van der Waals surface area contributed by atoms with Gasteiger partial charge in [0.25, 0.3) is 0 Å². The van der Waals surface area contributed by atoms with E-state index in [2.05, 4.69) is 0 Å². The molecule has 4 fully saturated rings. The van der Waals surface area contributed by atoms with Gasteiger partial charge in [0, 0.05) is 30.3 Å². The topological polar surface area (TPSA) is 59.2 Å². The summed E-state index contributed by atoms with van der Waals surface area (Å²) in [5.41, 5.74) is 8.71. The average Bonchev–Trinajstić information content (AvgIpc) is 2.93. The van der Waals surface area contributed by atoms with Crippen LogP contribution in [0.1, 0.15) is 31.4 Å². The fourth-order valence-electron chi connectivity index (χ4n) is 5.05. The maximum Gasteiger partial charge on any atom is 0.229 e. The van der Waals surface area contributed by atoms with Crippen molar-refractivity contribution in [3.05, 3.63) is 54.0 Å². The zero-order valence-electron chi connectivity index (χ0n) is 15.3. The number of benzene rings is 1. The number of nitrogens with zero attached hydrogens (tertiary/aromatic N) is 2. The molecule has 140 valence electrons. The van der Waals surface area contributed by atoms with Crippen molar-refractivity contribution in [2.24, 2.45) is 17.1 Å². The lowest BCUT2D eigenvalue weighted by Crippen LogP contribution is -2.62. The Balaban J connectivity index is 1.37. The first-order valence-electron chi connectivity index (χ1n) is 9.83. The van der Waals surface area contributed by atoms with Gasteiger partial charge in [-0.3, -0.25) is 9.78 Å². The van der Waals surface area contributed by atoms with Crippen molar-refractivity contribution in [3.8, 4) is 11.3 Å². The van der Waals surface area contributed by atoms with Gasteiger partial charge in [0.2, 0.25) is 5.91 Å². The Morgan fingerprint density at radius 2 is 2.00 bits per heavy atom. The molecule has 6 rings (SSSR count). The van der Waals surface area contributed by atoms with Gasteiger partial charge in [0.1, 0.15) is 5.82 Å². The first kappa shape index (κ1) is 16.9. The second-order valence-electron chi connectivity index (χ2n) is 8.51. The van der Waals surface area contributed by atoms with Crippen LogP contribution in [0, 0.1) is 17.2 Å². The van der Waals surface area contributed by atoms with E-state index in [-0.39, 0.29) is 23.3 Å². The molecular formula is C22H24FN3O. The smallest absolute Gasteiger partial charge is 0.229 e. The van der Waals surface area contributed by atoms with E-state index >= 15 is 0 Å². The molecule has 27 heavy (non-hydrogen) atoms. The van der Waals surface area contributed by atoms with Crippen molar-refractivity contribution in [1.29, 1.82) is 0 Å². The van der Waals surface area contributed by atoms with E-state index in [1.165, 1.54) is 12.1 Å². The third kappa shape index (κ3) is 2.76. The standard InChI is InChI=1S/C22H24FN3O/c23-16-4-1-3-15(9-16)19-6-2-5-17(25-19)10-20-18(24)7-8-26(20)21(27)22-11-14(12-22)13-22/h1-6,9,14,18,20H,7-8,10-13,24H2. The molecule has 2 unspecified atom stereocenters. The third-order valence-corrected chi connectivity index (χ3v) is 6.70.